The number of para-hydroxylation sites is 1. The molecule has 0 saturated heterocycles. The standard InChI is InChI=1S/C18H28N2O3/c1-13(14-8-5-6-9-15(14)21)19-12-18(10-7-11-18)20-16(22)23-17(2,3)4/h5-6,8-9,13,19,21H,7,10-12H2,1-4H3,(H,20,22). The minimum atomic E-state index is -0.494. The number of ether oxygens (including phenoxy) is 1. The van der Waals surface area contributed by atoms with Crippen molar-refractivity contribution in [2.75, 3.05) is 6.54 Å². The van der Waals surface area contributed by atoms with Crippen LogP contribution in [-0.2, 0) is 4.74 Å². The van der Waals surface area contributed by atoms with E-state index < -0.39 is 5.60 Å². The van der Waals surface area contributed by atoms with E-state index in [0.717, 1.165) is 24.8 Å². The Morgan fingerprint density at radius 3 is 2.52 bits per heavy atom. The number of carbonyl (C=O) groups is 1. The summed E-state index contributed by atoms with van der Waals surface area (Å²) in [5.41, 5.74) is 0.117. The van der Waals surface area contributed by atoms with Gasteiger partial charge in [-0.2, -0.15) is 0 Å². The van der Waals surface area contributed by atoms with Crippen LogP contribution in [0.4, 0.5) is 4.79 Å². The molecule has 0 bridgehead atoms. The van der Waals surface area contributed by atoms with E-state index in [2.05, 4.69) is 10.6 Å². The first-order valence-electron chi connectivity index (χ1n) is 8.23. The molecule has 2 rings (SSSR count). The molecule has 1 aliphatic rings. The average Bonchev–Trinajstić information content (AvgIpc) is 2.39. The molecule has 0 heterocycles. The van der Waals surface area contributed by atoms with Crippen molar-refractivity contribution in [1.29, 1.82) is 0 Å². The molecule has 23 heavy (non-hydrogen) atoms. The molecule has 1 amide bonds. The first-order chi connectivity index (χ1) is 10.7. The third kappa shape index (κ3) is 4.86. The molecule has 1 saturated carbocycles. The van der Waals surface area contributed by atoms with Crippen LogP contribution >= 0.6 is 0 Å². The van der Waals surface area contributed by atoms with Crippen molar-refractivity contribution in [3.63, 3.8) is 0 Å². The van der Waals surface area contributed by atoms with Gasteiger partial charge in [-0.3, -0.25) is 0 Å². The first-order valence-corrected chi connectivity index (χ1v) is 8.23. The van der Waals surface area contributed by atoms with Crippen LogP contribution in [0.5, 0.6) is 5.75 Å². The maximum Gasteiger partial charge on any atom is 0.408 e. The van der Waals surface area contributed by atoms with Crippen molar-refractivity contribution in [2.45, 2.75) is 64.1 Å². The van der Waals surface area contributed by atoms with Gasteiger partial charge in [0.2, 0.25) is 0 Å². The van der Waals surface area contributed by atoms with Gasteiger partial charge in [0.25, 0.3) is 0 Å². The maximum absolute atomic E-state index is 12.0. The molecule has 128 valence electrons. The summed E-state index contributed by atoms with van der Waals surface area (Å²) in [6, 6.07) is 7.32. The average molecular weight is 320 g/mol. The minimum absolute atomic E-state index is 0.00844. The number of phenolic OH excluding ortho intramolecular Hbond substituents is 1. The molecule has 1 aromatic carbocycles. The quantitative estimate of drug-likeness (QED) is 0.776. The maximum atomic E-state index is 12.0. The molecule has 1 aliphatic carbocycles. The van der Waals surface area contributed by atoms with Gasteiger partial charge in [-0.1, -0.05) is 18.2 Å². The predicted octanol–water partition coefficient (Wildman–Crippen LogP) is 3.49. The van der Waals surface area contributed by atoms with Gasteiger partial charge >= 0.3 is 6.09 Å². The highest BCUT2D eigenvalue weighted by Crippen LogP contribution is 2.33. The summed E-state index contributed by atoms with van der Waals surface area (Å²) in [4.78, 5) is 12.0. The van der Waals surface area contributed by atoms with Crippen molar-refractivity contribution in [3.8, 4) is 5.75 Å². The molecule has 3 N–H and O–H groups in total. The van der Waals surface area contributed by atoms with E-state index in [0.29, 0.717) is 6.54 Å². The molecule has 0 spiro atoms. The number of amides is 1. The fourth-order valence-electron chi connectivity index (χ4n) is 2.78. The van der Waals surface area contributed by atoms with E-state index in [-0.39, 0.29) is 23.4 Å². The van der Waals surface area contributed by atoms with E-state index >= 15 is 0 Å². The van der Waals surface area contributed by atoms with E-state index in [1.165, 1.54) is 0 Å². The Hall–Kier alpha value is -1.75. The highest BCUT2D eigenvalue weighted by Gasteiger charge is 2.39. The van der Waals surface area contributed by atoms with Crippen molar-refractivity contribution in [1.82, 2.24) is 10.6 Å². The van der Waals surface area contributed by atoms with Crippen LogP contribution in [0.15, 0.2) is 24.3 Å². The molecular formula is C18H28N2O3. The summed E-state index contributed by atoms with van der Waals surface area (Å²) in [6.07, 6.45) is 2.61. The summed E-state index contributed by atoms with van der Waals surface area (Å²) in [6.45, 7) is 8.24. The molecule has 1 atom stereocenters. The Labute approximate surface area is 138 Å². The summed E-state index contributed by atoms with van der Waals surface area (Å²) in [5.74, 6) is 0.287. The molecule has 0 aliphatic heterocycles. The van der Waals surface area contributed by atoms with Gasteiger partial charge in [-0.05, 0) is 53.0 Å². The topological polar surface area (TPSA) is 70.6 Å². The van der Waals surface area contributed by atoms with Gasteiger partial charge < -0.3 is 20.5 Å². The van der Waals surface area contributed by atoms with E-state index in [1.807, 2.05) is 45.9 Å². The molecule has 0 radical (unpaired) electrons. The molecule has 0 aromatic heterocycles. The summed E-state index contributed by atoms with van der Waals surface area (Å²) >= 11 is 0. The third-order valence-corrected chi connectivity index (χ3v) is 4.23. The number of hydrogen-bond donors (Lipinski definition) is 3. The first kappa shape index (κ1) is 17.6. The zero-order valence-electron chi connectivity index (χ0n) is 14.5. The third-order valence-electron chi connectivity index (χ3n) is 4.23. The van der Waals surface area contributed by atoms with Gasteiger partial charge in [-0.25, -0.2) is 4.79 Å². The zero-order chi connectivity index (χ0) is 17.1. The van der Waals surface area contributed by atoms with E-state index in [9.17, 15) is 9.90 Å². The van der Waals surface area contributed by atoms with Crippen LogP contribution < -0.4 is 10.6 Å². The highest BCUT2D eigenvalue weighted by atomic mass is 16.6. The summed E-state index contributed by atoms with van der Waals surface area (Å²) in [7, 11) is 0. The molecule has 5 heteroatoms. The van der Waals surface area contributed by atoms with Crippen LogP contribution in [0, 0.1) is 0 Å². The number of benzene rings is 1. The SMILES string of the molecule is CC(NCC1(NC(=O)OC(C)(C)C)CCC1)c1ccccc1O. The summed E-state index contributed by atoms with van der Waals surface area (Å²) < 4.78 is 5.36. The number of phenols is 1. The van der Waals surface area contributed by atoms with Crippen molar-refractivity contribution in [3.05, 3.63) is 29.8 Å². The molecule has 1 aromatic rings. The second kappa shape index (κ2) is 6.79. The number of hydrogen-bond acceptors (Lipinski definition) is 4. The Morgan fingerprint density at radius 1 is 1.35 bits per heavy atom. The number of nitrogens with one attached hydrogen (secondary N) is 2. The number of rotatable bonds is 5. The number of carbonyl (C=O) groups excluding carboxylic acids is 1. The van der Waals surface area contributed by atoms with Gasteiger partial charge in [0.15, 0.2) is 0 Å². The Kier molecular flexibility index (Phi) is 5.19. The van der Waals surface area contributed by atoms with Gasteiger partial charge in [0.1, 0.15) is 11.4 Å². The van der Waals surface area contributed by atoms with Crippen LogP contribution in [0.2, 0.25) is 0 Å². The fourth-order valence-corrected chi connectivity index (χ4v) is 2.78. The number of alkyl carbamates (subject to hydrolysis) is 1. The second-order valence-corrected chi connectivity index (χ2v) is 7.42. The van der Waals surface area contributed by atoms with Crippen LogP contribution in [0.1, 0.15) is 58.6 Å². The lowest BCUT2D eigenvalue weighted by atomic mass is 9.76. The predicted molar refractivity (Wildman–Crippen MR) is 90.5 cm³/mol. The van der Waals surface area contributed by atoms with Crippen molar-refractivity contribution < 1.29 is 14.6 Å². The van der Waals surface area contributed by atoms with Gasteiger partial charge in [-0.15, -0.1) is 0 Å². The monoisotopic (exact) mass is 320 g/mol. The van der Waals surface area contributed by atoms with Crippen molar-refractivity contribution >= 4 is 6.09 Å². The second-order valence-electron chi connectivity index (χ2n) is 7.42. The normalized spacial score (nSPS) is 17.9. The Morgan fingerprint density at radius 2 is 2.00 bits per heavy atom. The largest absolute Gasteiger partial charge is 0.508 e. The fraction of sp³-hybridized carbons (Fsp3) is 0.611. The van der Waals surface area contributed by atoms with Crippen molar-refractivity contribution in [2.24, 2.45) is 0 Å². The molecular weight excluding hydrogens is 292 g/mol. The van der Waals surface area contributed by atoms with Gasteiger partial charge in [0.05, 0.1) is 5.54 Å². The van der Waals surface area contributed by atoms with Crippen LogP contribution in [0.3, 0.4) is 0 Å². The Balaban J connectivity index is 1.92. The minimum Gasteiger partial charge on any atom is -0.508 e. The van der Waals surface area contributed by atoms with E-state index in [4.69, 9.17) is 4.74 Å². The summed E-state index contributed by atoms with van der Waals surface area (Å²) in [5, 5.41) is 16.4. The smallest absolute Gasteiger partial charge is 0.408 e. The lowest BCUT2D eigenvalue weighted by Crippen LogP contribution is -2.60. The highest BCUT2D eigenvalue weighted by molar-refractivity contribution is 5.69. The lowest BCUT2D eigenvalue weighted by Gasteiger charge is -2.43. The zero-order valence-corrected chi connectivity index (χ0v) is 14.5. The molecule has 1 fully saturated rings. The van der Waals surface area contributed by atoms with Gasteiger partial charge in [0, 0.05) is 18.2 Å². The molecule has 1 unspecified atom stereocenters. The number of aromatic hydroxyl groups is 1. The van der Waals surface area contributed by atoms with E-state index in [1.54, 1.807) is 6.07 Å². The lowest BCUT2D eigenvalue weighted by molar-refractivity contribution is 0.0379. The van der Waals surface area contributed by atoms with Crippen LogP contribution in [0.25, 0.3) is 0 Å². The molecule has 5 nitrogen and oxygen atoms in total. The van der Waals surface area contributed by atoms with Crippen LogP contribution in [-0.4, -0.2) is 28.9 Å². The Bertz CT molecular complexity index is 547.